The molecule has 1 N–H and O–H groups in total. The minimum absolute atomic E-state index is 0.197. The predicted octanol–water partition coefficient (Wildman–Crippen LogP) is 2.20. The summed E-state index contributed by atoms with van der Waals surface area (Å²) in [5, 5.41) is 8.01. The zero-order chi connectivity index (χ0) is 14.5. The standard InChI is InChI=1S/C15H23N5/c1-5-16-15(14-7-8-17-12(4)18-14)10-13-9-11(3)19-20(13)6-2/h7-9,15-16H,5-6,10H2,1-4H3. The Bertz CT molecular complexity index is 561. The summed E-state index contributed by atoms with van der Waals surface area (Å²) in [6, 6.07) is 4.34. The fraction of sp³-hybridized carbons (Fsp3) is 0.533. The van der Waals surface area contributed by atoms with Crippen molar-refractivity contribution in [2.24, 2.45) is 0 Å². The van der Waals surface area contributed by atoms with E-state index < -0.39 is 0 Å². The molecule has 0 saturated heterocycles. The summed E-state index contributed by atoms with van der Waals surface area (Å²) in [6.07, 6.45) is 2.71. The van der Waals surface area contributed by atoms with Gasteiger partial charge in [-0.3, -0.25) is 4.68 Å². The van der Waals surface area contributed by atoms with Crippen molar-refractivity contribution in [3.63, 3.8) is 0 Å². The van der Waals surface area contributed by atoms with Gasteiger partial charge in [0, 0.05) is 24.9 Å². The second kappa shape index (κ2) is 6.61. The fourth-order valence-corrected chi connectivity index (χ4v) is 2.44. The molecule has 108 valence electrons. The van der Waals surface area contributed by atoms with Crippen LogP contribution in [0.2, 0.25) is 0 Å². The first-order valence-corrected chi connectivity index (χ1v) is 7.20. The highest BCUT2D eigenvalue weighted by molar-refractivity contribution is 5.15. The molecule has 2 heterocycles. The van der Waals surface area contributed by atoms with Crippen LogP contribution in [0.4, 0.5) is 0 Å². The number of hydrogen-bond donors (Lipinski definition) is 1. The molecule has 0 aliphatic heterocycles. The summed E-state index contributed by atoms with van der Waals surface area (Å²) in [6.45, 7) is 9.99. The Balaban J connectivity index is 2.25. The Morgan fingerprint density at radius 3 is 2.75 bits per heavy atom. The van der Waals surface area contributed by atoms with Crippen LogP contribution in [0, 0.1) is 13.8 Å². The molecule has 20 heavy (non-hydrogen) atoms. The minimum Gasteiger partial charge on any atom is -0.309 e. The van der Waals surface area contributed by atoms with Gasteiger partial charge in [0.2, 0.25) is 0 Å². The predicted molar refractivity (Wildman–Crippen MR) is 79.5 cm³/mol. The van der Waals surface area contributed by atoms with Gasteiger partial charge in [0.05, 0.1) is 17.4 Å². The summed E-state index contributed by atoms with van der Waals surface area (Å²) in [5.41, 5.74) is 3.35. The third-order valence-corrected chi connectivity index (χ3v) is 3.30. The lowest BCUT2D eigenvalue weighted by atomic mass is 10.1. The summed E-state index contributed by atoms with van der Waals surface area (Å²) < 4.78 is 2.06. The number of aryl methyl sites for hydroxylation is 3. The van der Waals surface area contributed by atoms with E-state index >= 15 is 0 Å². The Morgan fingerprint density at radius 2 is 2.10 bits per heavy atom. The van der Waals surface area contributed by atoms with Crippen LogP contribution >= 0.6 is 0 Å². The fourth-order valence-electron chi connectivity index (χ4n) is 2.44. The number of hydrogen-bond acceptors (Lipinski definition) is 4. The van der Waals surface area contributed by atoms with Gasteiger partial charge in [-0.25, -0.2) is 9.97 Å². The largest absolute Gasteiger partial charge is 0.309 e. The molecule has 5 nitrogen and oxygen atoms in total. The Morgan fingerprint density at radius 1 is 1.30 bits per heavy atom. The lowest BCUT2D eigenvalue weighted by molar-refractivity contribution is 0.505. The van der Waals surface area contributed by atoms with Crippen LogP contribution in [0.1, 0.15) is 42.8 Å². The average molecular weight is 273 g/mol. The number of aromatic nitrogens is 4. The summed E-state index contributed by atoms with van der Waals surface area (Å²) in [5.74, 6) is 0.811. The molecule has 5 heteroatoms. The van der Waals surface area contributed by atoms with Gasteiger partial charge in [0.15, 0.2) is 0 Å². The topological polar surface area (TPSA) is 55.6 Å². The normalized spacial score (nSPS) is 12.6. The quantitative estimate of drug-likeness (QED) is 0.876. The van der Waals surface area contributed by atoms with Gasteiger partial charge >= 0.3 is 0 Å². The third kappa shape index (κ3) is 3.42. The highest BCUT2D eigenvalue weighted by Crippen LogP contribution is 2.17. The van der Waals surface area contributed by atoms with Crippen LogP contribution in [-0.4, -0.2) is 26.3 Å². The molecule has 0 radical (unpaired) electrons. The molecule has 0 amide bonds. The van der Waals surface area contributed by atoms with E-state index in [-0.39, 0.29) is 6.04 Å². The van der Waals surface area contributed by atoms with Crippen molar-refractivity contribution in [1.29, 1.82) is 0 Å². The summed E-state index contributed by atoms with van der Waals surface area (Å²) >= 11 is 0. The van der Waals surface area contributed by atoms with Crippen LogP contribution in [0.3, 0.4) is 0 Å². The third-order valence-electron chi connectivity index (χ3n) is 3.30. The number of rotatable bonds is 6. The summed E-state index contributed by atoms with van der Waals surface area (Å²) in [4.78, 5) is 8.72. The van der Waals surface area contributed by atoms with E-state index in [1.807, 2.05) is 26.1 Å². The Labute approximate surface area is 120 Å². The lowest BCUT2D eigenvalue weighted by Gasteiger charge is -2.18. The van der Waals surface area contributed by atoms with Gasteiger partial charge < -0.3 is 5.32 Å². The molecule has 0 aliphatic rings. The molecular weight excluding hydrogens is 250 g/mol. The lowest BCUT2D eigenvalue weighted by Crippen LogP contribution is -2.25. The van der Waals surface area contributed by atoms with E-state index in [1.54, 1.807) is 0 Å². The molecular formula is C15H23N5. The maximum atomic E-state index is 4.55. The van der Waals surface area contributed by atoms with Crippen molar-refractivity contribution >= 4 is 0 Å². The molecule has 0 bridgehead atoms. The van der Waals surface area contributed by atoms with Crippen molar-refractivity contribution in [2.75, 3.05) is 6.54 Å². The first kappa shape index (κ1) is 14.7. The molecule has 0 aliphatic carbocycles. The first-order valence-electron chi connectivity index (χ1n) is 7.20. The number of nitrogens with one attached hydrogen (secondary N) is 1. The van der Waals surface area contributed by atoms with Gasteiger partial charge in [-0.15, -0.1) is 0 Å². The highest BCUT2D eigenvalue weighted by Gasteiger charge is 2.16. The van der Waals surface area contributed by atoms with Gasteiger partial charge in [-0.2, -0.15) is 5.10 Å². The molecule has 2 aromatic rings. The van der Waals surface area contributed by atoms with Crippen molar-refractivity contribution in [1.82, 2.24) is 25.1 Å². The van der Waals surface area contributed by atoms with E-state index in [1.165, 1.54) is 5.69 Å². The van der Waals surface area contributed by atoms with Crippen LogP contribution in [0.15, 0.2) is 18.3 Å². The highest BCUT2D eigenvalue weighted by atomic mass is 15.3. The van der Waals surface area contributed by atoms with Crippen LogP contribution in [-0.2, 0) is 13.0 Å². The Kier molecular flexibility index (Phi) is 4.84. The first-order chi connectivity index (χ1) is 9.63. The van der Waals surface area contributed by atoms with Crippen molar-refractivity contribution in [3.8, 4) is 0 Å². The minimum atomic E-state index is 0.197. The molecule has 1 unspecified atom stereocenters. The molecule has 1 atom stereocenters. The zero-order valence-corrected chi connectivity index (χ0v) is 12.7. The molecule has 0 aromatic carbocycles. The maximum Gasteiger partial charge on any atom is 0.125 e. The molecule has 0 spiro atoms. The van der Waals surface area contributed by atoms with Crippen LogP contribution < -0.4 is 5.32 Å². The molecule has 0 saturated carbocycles. The number of likely N-dealkylation sites (N-methyl/N-ethyl adjacent to an activating group) is 1. The smallest absolute Gasteiger partial charge is 0.125 e. The van der Waals surface area contributed by atoms with Gasteiger partial charge in [-0.1, -0.05) is 6.92 Å². The van der Waals surface area contributed by atoms with Crippen LogP contribution in [0.5, 0.6) is 0 Å². The second-order valence-corrected chi connectivity index (χ2v) is 4.94. The van der Waals surface area contributed by atoms with Gasteiger partial charge in [0.1, 0.15) is 5.82 Å². The Hall–Kier alpha value is -1.75. The molecule has 2 aromatic heterocycles. The molecule has 2 rings (SSSR count). The molecule has 0 fully saturated rings. The van der Waals surface area contributed by atoms with E-state index in [0.717, 1.165) is 36.7 Å². The van der Waals surface area contributed by atoms with E-state index in [4.69, 9.17) is 0 Å². The van der Waals surface area contributed by atoms with E-state index in [0.29, 0.717) is 0 Å². The maximum absolute atomic E-state index is 4.55. The number of nitrogens with zero attached hydrogens (tertiary/aromatic N) is 4. The average Bonchev–Trinajstić information content (AvgIpc) is 2.78. The van der Waals surface area contributed by atoms with Crippen molar-refractivity contribution in [2.45, 2.75) is 46.7 Å². The van der Waals surface area contributed by atoms with E-state index in [9.17, 15) is 0 Å². The zero-order valence-electron chi connectivity index (χ0n) is 12.7. The monoisotopic (exact) mass is 273 g/mol. The van der Waals surface area contributed by atoms with Crippen molar-refractivity contribution in [3.05, 3.63) is 41.2 Å². The van der Waals surface area contributed by atoms with E-state index in [2.05, 4.69) is 45.0 Å². The SMILES string of the molecule is CCNC(Cc1cc(C)nn1CC)c1ccnc(C)n1. The van der Waals surface area contributed by atoms with Gasteiger partial charge in [-0.05, 0) is 39.4 Å². The van der Waals surface area contributed by atoms with Crippen molar-refractivity contribution < 1.29 is 0 Å². The van der Waals surface area contributed by atoms with Crippen LogP contribution in [0.25, 0.3) is 0 Å². The van der Waals surface area contributed by atoms with Gasteiger partial charge in [0.25, 0.3) is 0 Å². The second-order valence-electron chi connectivity index (χ2n) is 4.94. The summed E-state index contributed by atoms with van der Waals surface area (Å²) in [7, 11) is 0.